The number of benzene rings is 4. The first-order valence-electron chi connectivity index (χ1n) is 13.2. The normalized spacial score (nSPS) is 11.3. The lowest BCUT2D eigenvalue weighted by molar-refractivity contribution is -0.115. The van der Waals surface area contributed by atoms with E-state index in [0.29, 0.717) is 33.6 Å². The summed E-state index contributed by atoms with van der Waals surface area (Å²) in [4.78, 5) is 31.8. The molecule has 0 aliphatic carbocycles. The van der Waals surface area contributed by atoms with Gasteiger partial charge in [0.2, 0.25) is 5.91 Å². The summed E-state index contributed by atoms with van der Waals surface area (Å²) in [5.74, 6) is 1.41. The van der Waals surface area contributed by atoms with Crippen LogP contribution in [0.25, 0.3) is 11.3 Å². The van der Waals surface area contributed by atoms with E-state index >= 15 is 0 Å². The van der Waals surface area contributed by atoms with Crippen LogP contribution in [-0.2, 0) is 4.79 Å². The van der Waals surface area contributed by atoms with E-state index in [2.05, 4.69) is 15.6 Å². The number of nitrogens with one attached hydrogen (secondary N) is 2. The molecule has 0 bridgehead atoms. The highest BCUT2D eigenvalue weighted by Gasteiger charge is 2.23. The number of ether oxygens (including phenoxy) is 3. The van der Waals surface area contributed by atoms with Crippen molar-refractivity contribution in [1.82, 2.24) is 4.98 Å². The summed E-state index contributed by atoms with van der Waals surface area (Å²) in [7, 11) is 4.73. The van der Waals surface area contributed by atoms with Gasteiger partial charge in [0.25, 0.3) is 5.91 Å². The van der Waals surface area contributed by atoms with E-state index in [1.807, 2.05) is 78.2 Å². The van der Waals surface area contributed by atoms with Crippen molar-refractivity contribution >= 4 is 45.7 Å². The molecule has 0 radical (unpaired) electrons. The number of carbonyl (C=O) groups excluding carboxylic acids is 2. The molecule has 2 N–H and O–H groups in total. The Hall–Kier alpha value is -4.80. The number of aromatic nitrogens is 1. The van der Waals surface area contributed by atoms with Crippen LogP contribution in [0.15, 0.2) is 107 Å². The van der Waals surface area contributed by atoms with Crippen LogP contribution in [0.5, 0.6) is 17.2 Å². The first-order valence-corrected chi connectivity index (χ1v) is 15.0. The van der Waals surface area contributed by atoms with E-state index in [4.69, 9.17) is 14.2 Å². The molecule has 43 heavy (non-hydrogen) atoms. The number of amides is 2. The third kappa shape index (κ3) is 7.35. The van der Waals surface area contributed by atoms with Gasteiger partial charge in [-0.3, -0.25) is 9.59 Å². The van der Waals surface area contributed by atoms with Crippen LogP contribution >= 0.6 is 23.1 Å². The van der Waals surface area contributed by atoms with Crippen LogP contribution < -0.4 is 24.8 Å². The maximum atomic E-state index is 13.6. The summed E-state index contributed by atoms with van der Waals surface area (Å²) in [6.07, 6.45) is 0. The minimum Gasteiger partial charge on any atom is -0.497 e. The topological polar surface area (TPSA) is 98.8 Å². The molecule has 1 heterocycles. The lowest BCUT2D eigenvalue weighted by Gasteiger charge is -2.16. The standard InChI is InChI=1S/C33H29N3O5S2/c1-39-25-11-7-10-23(18-25)31(37)34-24-13-15-26(16-14-24)43-30(21-8-5-4-6-9-21)32(38)36-33-35-27(20-42-33)22-12-17-28(40-2)29(19-22)41-3/h4-20,30H,1-3H3,(H,34,37)(H,35,36,38). The fraction of sp³-hybridized carbons (Fsp3) is 0.121. The van der Waals surface area contributed by atoms with E-state index < -0.39 is 5.25 Å². The van der Waals surface area contributed by atoms with E-state index in [9.17, 15) is 9.59 Å². The molecule has 218 valence electrons. The molecule has 0 saturated carbocycles. The first-order chi connectivity index (χ1) is 21.0. The monoisotopic (exact) mass is 611 g/mol. The van der Waals surface area contributed by atoms with Gasteiger partial charge in [-0.2, -0.15) is 0 Å². The minimum absolute atomic E-state index is 0.195. The molecular weight excluding hydrogens is 583 g/mol. The zero-order valence-electron chi connectivity index (χ0n) is 23.7. The molecule has 5 aromatic rings. The van der Waals surface area contributed by atoms with E-state index in [1.54, 1.807) is 45.6 Å². The van der Waals surface area contributed by atoms with Gasteiger partial charge < -0.3 is 24.8 Å². The minimum atomic E-state index is -0.535. The summed E-state index contributed by atoms with van der Waals surface area (Å²) < 4.78 is 16.0. The SMILES string of the molecule is COc1cccc(C(=O)Nc2ccc(SC(C(=O)Nc3nc(-c4ccc(OC)c(OC)c4)cs3)c3ccccc3)cc2)c1. The van der Waals surface area contributed by atoms with Crippen LogP contribution in [0.1, 0.15) is 21.2 Å². The third-order valence-electron chi connectivity index (χ3n) is 6.45. The lowest BCUT2D eigenvalue weighted by Crippen LogP contribution is -2.19. The maximum Gasteiger partial charge on any atom is 0.255 e. The predicted octanol–water partition coefficient (Wildman–Crippen LogP) is 7.56. The second-order valence-electron chi connectivity index (χ2n) is 9.22. The summed E-state index contributed by atoms with van der Waals surface area (Å²) in [5, 5.41) is 7.74. The van der Waals surface area contributed by atoms with E-state index in [0.717, 1.165) is 21.7 Å². The summed E-state index contributed by atoms with van der Waals surface area (Å²) in [5.41, 5.74) is 3.56. The highest BCUT2D eigenvalue weighted by molar-refractivity contribution is 8.00. The fourth-order valence-corrected chi connectivity index (χ4v) is 6.00. The predicted molar refractivity (Wildman–Crippen MR) is 172 cm³/mol. The van der Waals surface area contributed by atoms with Gasteiger partial charge in [0, 0.05) is 27.1 Å². The van der Waals surface area contributed by atoms with Gasteiger partial charge in [0.15, 0.2) is 16.6 Å². The molecule has 5 rings (SSSR count). The Kier molecular flexibility index (Phi) is 9.60. The zero-order valence-corrected chi connectivity index (χ0v) is 25.3. The Labute approximate surface area is 258 Å². The fourth-order valence-electron chi connectivity index (χ4n) is 4.25. The highest BCUT2D eigenvalue weighted by atomic mass is 32.2. The smallest absolute Gasteiger partial charge is 0.255 e. The van der Waals surface area contributed by atoms with Gasteiger partial charge in [-0.1, -0.05) is 36.4 Å². The molecule has 0 spiro atoms. The van der Waals surface area contributed by atoms with Crippen molar-refractivity contribution in [2.24, 2.45) is 0 Å². The highest BCUT2D eigenvalue weighted by Crippen LogP contribution is 2.38. The molecule has 0 aliphatic rings. The van der Waals surface area contributed by atoms with Gasteiger partial charge in [-0.25, -0.2) is 4.98 Å². The molecule has 0 saturated heterocycles. The van der Waals surface area contributed by atoms with Gasteiger partial charge >= 0.3 is 0 Å². The Bertz CT molecular complexity index is 1710. The average Bonchev–Trinajstić information content (AvgIpc) is 3.52. The molecule has 1 unspecified atom stereocenters. The average molecular weight is 612 g/mol. The number of thioether (sulfide) groups is 1. The Balaban J connectivity index is 1.29. The van der Waals surface area contributed by atoms with Crippen molar-refractivity contribution in [3.8, 4) is 28.5 Å². The number of methoxy groups -OCH3 is 3. The van der Waals surface area contributed by atoms with Crippen molar-refractivity contribution in [2.45, 2.75) is 10.1 Å². The van der Waals surface area contributed by atoms with Gasteiger partial charge in [0.05, 0.1) is 27.0 Å². The Morgan fingerprint density at radius 1 is 0.791 bits per heavy atom. The summed E-state index contributed by atoms with van der Waals surface area (Å²) >= 11 is 2.77. The number of rotatable bonds is 11. The van der Waals surface area contributed by atoms with Gasteiger partial charge in [-0.15, -0.1) is 23.1 Å². The van der Waals surface area contributed by atoms with Crippen molar-refractivity contribution in [1.29, 1.82) is 0 Å². The van der Waals surface area contributed by atoms with Crippen LogP contribution in [-0.4, -0.2) is 38.1 Å². The summed E-state index contributed by atoms with van der Waals surface area (Å²) in [6.45, 7) is 0. The van der Waals surface area contributed by atoms with Crippen LogP contribution in [0.2, 0.25) is 0 Å². The number of anilines is 2. The second kappa shape index (κ2) is 13.9. The largest absolute Gasteiger partial charge is 0.497 e. The first kappa shape index (κ1) is 29.7. The number of nitrogens with zero attached hydrogens (tertiary/aromatic N) is 1. The van der Waals surface area contributed by atoms with Crippen LogP contribution in [0.4, 0.5) is 10.8 Å². The molecule has 4 aromatic carbocycles. The van der Waals surface area contributed by atoms with Gasteiger partial charge in [0.1, 0.15) is 11.0 Å². The van der Waals surface area contributed by atoms with E-state index in [1.165, 1.54) is 23.1 Å². The number of hydrogen-bond acceptors (Lipinski definition) is 8. The molecule has 0 aliphatic heterocycles. The van der Waals surface area contributed by atoms with Crippen molar-refractivity contribution < 1.29 is 23.8 Å². The van der Waals surface area contributed by atoms with E-state index in [-0.39, 0.29) is 11.8 Å². The van der Waals surface area contributed by atoms with Crippen molar-refractivity contribution in [3.05, 3.63) is 114 Å². The molecule has 2 amide bonds. The van der Waals surface area contributed by atoms with Gasteiger partial charge in [-0.05, 0) is 66.2 Å². The molecule has 1 atom stereocenters. The maximum absolute atomic E-state index is 13.6. The number of hydrogen-bond donors (Lipinski definition) is 2. The van der Waals surface area contributed by atoms with Crippen molar-refractivity contribution in [3.63, 3.8) is 0 Å². The van der Waals surface area contributed by atoms with Crippen molar-refractivity contribution in [2.75, 3.05) is 32.0 Å². The lowest BCUT2D eigenvalue weighted by atomic mass is 10.1. The molecular formula is C33H29N3O5S2. The zero-order chi connectivity index (χ0) is 30.2. The second-order valence-corrected chi connectivity index (χ2v) is 11.3. The molecule has 1 aromatic heterocycles. The number of thiazole rings is 1. The third-order valence-corrected chi connectivity index (χ3v) is 8.48. The Morgan fingerprint density at radius 3 is 2.28 bits per heavy atom. The quantitative estimate of drug-likeness (QED) is 0.149. The summed E-state index contributed by atoms with van der Waals surface area (Å²) in [6, 6.07) is 29.5. The Morgan fingerprint density at radius 2 is 1.56 bits per heavy atom. The number of carbonyl (C=O) groups is 2. The molecule has 8 nitrogen and oxygen atoms in total. The van der Waals surface area contributed by atoms with Crippen LogP contribution in [0.3, 0.4) is 0 Å². The van der Waals surface area contributed by atoms with Crippen LogP contribution in [0, 0.1) is 0 Å². The molecule has 0 fully saturated rings. The molecule has 10 heteroatoms.